The number of thiophene rings is 1. The van der Waals surface area contributed by atoms with E-state index in [-0.39, 0.29) is 17.5 Å². The molecule has 0 saturated heterocycles. The van der Waals surface area contributed by atoms with Gasteiger partial charge in [-0.2, -0.15) is 10.0 Å². The Bertz CT molecular complexity index is 5520. The first kappa shape index (κ1) is 65.9. The van der Waals surface area contributed by atoms with Crippen LogP contribution >= 0.6 is 21.4 Å². The Morgan fingerprint density at radius 3 is 1.68 bits per heavy atom. The van der Waals surface area contributed by atoms with E-state index < -0.39 is 10.0 Å². The molecule has 0 aliphatic carbocycles. The van der Waals surface area contributed by atoms with Gasteiger partial charge in [0, 0.05) is 87.5 Å². The van der Waals surface area contributed by atoms with Crippen LogP contribution in [0.3, 0.4) is 0 Å². The van der Waals surface area contributed by atoms with Gasteiger partial charge in [0.25, 0.3) is 6.71 Å². The number of nitrogens with zero attached hydrogens (tertiary/aromatic N) is 3. The highest BCUT2D eigenvalue weighted by atomic mass is 32.3. The van der Waals surface area contributed by atoms with Crippen LogP contribution in [-0.2, 0) is 10.8 Å². The average molecular weight is 1350 g/mol. The normalized spacial score (nSPS) is 13.2. The molecule has 0 saturated carbocycles. The van der Waals surface area contributed by atoms with Crippen molar-refractivity contribution in [2.24, 2.45) is 0 Å². The summed E-state index contributed by atoms with van der Waals surface area (Å²) in [5, 5.41) is 15.7. The molecule has 4 heterocycles. The van der Waals surface area contributed by atoms with Crippen LogP contribution in [0.2, 0.25) is 0 Å². The van der Waals surface area contributed by atoms with Crippen LogP contribution < -0.4 is 52.3 Å². The minimum atomic E-state index is -2.10. The predicted octanol–water partition coefficient (Wildman–Crippen LogP) is 17.2. The lowest BCUT2D eigenvalue weighted by Gasteiger charge is -2.46. The van der Waals surface area contributed by atoms with E-state index in [0.29, 0.717) is 17.6 Å². The Balaban J connectivity index is 1.06. The van der Waals surface area contributed by atoms with Crippen LogP contribution in [0.1, 0.15) is 103 Å². The summed E-state index contributed by atoms with van der Waals surface area (Å²) in [6, 6.07) is 92.5. The predicted molar refractivity (Wildman–Crippen MR) is 450 cm³/mol. The van der Waals surface area contributed by atoms with Gasteiger partial charge < -0.3 is 24.2 Å². The molecule has 0 spiro atoms. The smallest absolute Gasteiger partial charge is 0.264 e. The number of phenolic OH excluding ortho intramolecular Hbond substituents is 1. The molecule has 0 bridgehead atoms. The molecule has 0 unspecified atom stereocenters. The molecular weight excluding hydrogens is 1260 g/mol. The number of rotatable bonds is 12. The second-order valence-corrected chi connectivity index (χ2v) is 35.3. The highest BCUT2D eigenvalue weighted by molar-refractivity contribution is 8.33. The van der Waals surface area contributed by atoms with E-state index in [1.165, 1.54) is 62.8 Å². The highest BCUT2D eigenvalue weighted by Crippen LogP contribution is 2.68. The van der Waals surface area contributed by atoms with E-state index in [0.717, 1.165) is 117 Å². The standard InChI is InChI=1S/C89H84B5N3O2S2/c1-52(2)54-25-40-64(41-26-54)101(11,65-42-27-55(28-43-65)53(3)4)66-50-74-84-75(51-66)97(61-36-32-59(33-37-61)89(8,9)10)85-70-47-57(79-80(90)81(91)82(92)83(93)86(79)98)29-46-78(70)100-87(85)94(84)71-45-39-62(48-73(71)96(74)63-38-44-69-68-22-16-18-24-76(68)99-77(69)49-63)95(60-34-30-58(31-35-60)88(5,6)7)72-23-17-15-21-67(72)56-19-13-12-14-20-56/h12-53,98H,90-93H2,1-11H3. The number of aromatic hydroxyl groups is 1. The van der Waals surface area contributed by atoms with Crippen molar-refractivity contribution in [1.82, 2.24) is 0 Å². The number of benzene rings is 12. The molecule has 5 nitrogen and oxygen atoms in total. The zero-order chi connectivity index (χ0) is 70.3. The third-order valence-electron chi connectivity index (χ3n) is 22.2. The van der Waals surface area contributed by atoms with Crippen molar-refractivity contribution in [2.45, 2.75) is 107 Å². The Morgan fingerprint density at radius 1 is 0.475 bits per heavy atom. The number of hydrogen-bond donors (Lipinski definition) is 1. The molecule has 2 aromatic heterocycles. The van der Waals surface area contributed by atoms with Crippen LogP contribution in [-0.4, -0.2) is 49.5 Å². The zero-order valence-electron chi connectivity index (χ0n) is 60.8. The summed E-state index contributed by atoms with van der Waals surface area (Å²) in [5.41, 5.74) is 27.5. The maximum Gasteiger partial charge on any atom is 0.264 e. The molecule has 2 aliphatic rings. The van der Waals surface area contributed by atoms with E-state index >= 15 is 0 Å². The van der Waals surface area contributed by atoms with E-state index in [1.54, 1.807) is 0 Å². The largest absolute Gasteiger partial charge is 0.508 e. The first-order chi connectivity index (χ1) is 48.5. The Hall–Kier alpha value is -9.73. The maximum atomic E-state index is 12.4. The molecule has 0 radical (unpaired) electrons. The minimum absolute atomic E-state index is 0.0472. The van der Waals surface area contributed by atoms with Gasteiger partial charge in [-0.15, -0.1) is 16.8 Å². The van der Waals surface area contributed by atoms with Crippen molar-refractivity contribution in [2.75, 3.05) is 21.0 Å². The summed E-state index contributed by atoms with van der Waals surface area (Å²) in [6.07, 6.45) is 2.55. The molecule has 101 heavy (non-hydrogen) atoms. The van der Waals surface area contributed by atoms with Gasteiger partial charge in [0.1, 0.15) is 48.3 Å². The third-order valence-corrected chi connectivity index (χ3v) is 27.0. The van der Waals surface area contributed by atoms with Crippen molar-refractivity contribution in [3.05, 3.63) is 265 Å². The molecule has 14 aromatic rings. The number of phenols is 1. The van der Waals surface area contributed by atoms with Gasteiger partial charge in [0.05, 0.1) is 11.4 Å². The third kappa shape index (κ3) is 11.0. The van der Waals surface area contributed by atoms with Crippen LogP contribution in [0.25, 0.3) is 54.3 Å². The molecular formula is C89H84B5N3O2S2. The number of furan rings is 1. The Labute approximate surface area is 606 Å². The lowest BCUT2D eigenvalue weighted by Crippen LogP contribution is -2.60. The first-order valence-corrected chi connectivity index (χ1v) is 38.7. The second kappa shape index (κ2) is 24.8. The molecule has 0 atom stereocenters. The highest BCUT2D eigenvalue weighted by Gasteiger charge is 2.47. The molecule has 12 heteroatoms. The quantitative estimate of drug-likeness (QED) is 0.124. The van der Waals surface area contributed by atoms with E-state index in [4.69, 9.17) is 4.42 Å². The molecule has 2 aliphatic heterocycles. The lowest BCUT2D eigenvalue weighted by molar-refractivity contribution is 0.482. The SMILES string of the molecule is Bc1c(B)c(B)c(-c2ccc3sc4c(c3c2)N(c2ccc(C(C)(C)C)cc2)c2cc(S(C)(c3ccc(C(C)C)cc3)c3ccc(C(C)C)cc3)cc3c2B4c2ccc(N(c4ccc(C(C)(C)C)cc4)c4ccccc4-c4ccccc4)cc2N3c2ccc3c(c2)oc2ccccc23)c(O)c1B. The van der Waals surface area contributed by atoms with Gasteiger partial charge in [-0.3, -0.25) is 0 Å². The summed E-state index contributed by atoms with van der Waals surface area (Å²) >= 11 is 1.91. The summed E-state index contributed by atoms with van der Waals surface area (Å²) in [4.78, 5) is 11.6. The lowest BCUT2D eigenvalue weighted by atomic mass is 9.36. The summed E-state index contributed by atoms with van der Waals surface area (Å²) in [5.74, 6) is 1.08. The minimum Gasteiger partial charge on any atom is -0.508 e. The van der Waals surface area contributed by atoms with Gasteiger partial charge in [-0.1, -0.05) is 213 Å². The zero-order valence-corrected chi connectivity index (χ0v) is 62.5. The van der Waals surface area contributed by atoms with Crippen LogP contribution in [0.4, 0.5) is 51.2 Å². The Kier molecular flexibility index (Phi) is 16.2. The molecule has 12 aromatic carbocycles. The van der Waals surface area contributed by atoms with E-state index in [1.807, 2.05) is 11.3 Å². The molecule has 1 N–H and O–H groups in total. The van der Waals surface area contributed by atoms with Crippen molar-refractivity contribution < 1.29 is 9.52 Å². The maximum absolute atomic E-state index is 12.4. The molecule has 16 rings (SSSR count). The number of anilines is 9. The number of hydrogen-bond acceptors (Lipinski definition) is 6. The summed E-state index contributed by atoms with van der Waals surface area (Å²) < 4.78 is 9.42. The number of para-hydroxylation sites is 2. The van der Waals surface area contributed by atoms with Crippen molar-refractivity contribution in [3.8, 4) is 28.0 Å². The molecule has 0 fully saturated rings. The second-order valence-electron chi connectivity index (χ2n) is 30.9. The monoisotopic (exact) mass is 1350 g/mol. The fourth-order valence-electron chi connectivity index (χ4n) is 15.9. The fraction of sp³-hybridized carbons (Fsp3) is 0.169. The van der Waals surface area contributed by atoms with Gasteiger partial charge in [-0.05, 0) is 192 Å². The van der Waals surface area contributed by atoms with Crippen LogP contribution in [0.5, 0.6) is 5.75 Å². The van der Waals surface area contributed by atoms with Crippen LogP contribution in [0, 0.1) is 0 Å². The average Bonchev–Trinajstić information content (AvgIpc) is 1.68. The van der Waals surface area contributed by atoms with E-state index in [2.05, 4.69) is 364 Å². The summed E-state index contributed by atoms with van der Waals surface area (Å²) in [7, 11) is 6.46. The van der Waals surface area contributed by atoms with Crippen molar-refractivity contribution >= 4 is 180 Å². The molecule has 494 valence electrons. The topological polar surface area (TPSA) is 43.1 Å². The van der Waals surface area contributed by atoms with Crippen molar-refractivity contribution in [3.63, 3.8) is 0 Å². The Morgan fingerprint density at radius 2 is 1.04 bits per heavy atom. The van der Waals surface area contributed by atoms with Crippen LogP contribution in [0.15, 0.2) is 262 Å². The van der Waals surface area contributed by atoms with Gasteiger partial charge in [0.15, 0.2) is 0 Å². The first-order valence-electron chi connectivity index (χ1n) is 35.8. The summed E-state index contributed by atoms with van der Waals surface area (Å²) in [6.45, 7) is 22.7. The van der Waals surface area contributed by atoms with Gasteiger partial charge in [0.2, 0.25) is 0 Å². The van der Waals surface area contributed by atoms with Crippen molar-refractivity contribution in [1.29, 1.82) is 0 Å². The fourth-order valence-corrected chi connectivity index (χ4v) is 20.0. The molecule has 0 amide bonds. The number of fused-ring (bicyclic) bond motifs is 9. The van der Waals surface area contributed by atoms with E-state index in [9.17, 15) is 5.11 Å². The van der Waals surface area contributed by atoms with Gasteiger partial charge >= 0.3 is 0 Å². The van der Waals surface area contributed by atoms with Gasteiger partial charge in [-0.25, -0.2) is 0 Å².